The normalized spacial score (nSPS) is 15.9. The van der Waals surface area contributed by atoms with E-state index in [9.17, 15) is 8.42 Å². The van der Waals surface area contributed by atoms with Crippen LogP contribution in [0, 0.1) is 6.92 Å². The van der Waals surface area contributed by atoms with Crippen molar-refractivity contribution in [3.63, 3.8) is 0 Å². The molecule has 2 heterocycles. The SMILES string of the molecule is Cc1nn(C)c2ncc(NS(=O)(=O)c3ccc(C4CCCCC4)cc3)cc12. The fourth-order valence-corrected chi connectivity index (χ4v) is 4.97. The van der Waals surface area contributed by atoms with E-state index < -0.39 is 10.0 Å². The van der Waals surface area contributed by atoms with Crippen molar-refractivity contribution in [2.75, 3.05) is 4.72 Å². The molecule has 1 aliphatic rings. The van der Waals surface area contributed by atoms with Crippen molar-refractivity contribution in [3.05, 3.63) is 47.8 Å². The first-order chi connectivity index (χ1) is 12.9. The zero-order valence-electron chi connectivity index (χ0n) is 15.6. The van der Waals surface area contributed by atoms with Gasteiger partial charge in [-0.05, 0) is 49.4 Å². The maximum absolute atomic E-state index is 12.8. The number of pyridine rings is 1. The summed E-state index contributed by atoms with van der Waals surface area (Å²) < 4.78 is 29.8. The van der Waals surface area contributed by atoms with Gasteiger partial charge in [0.15, 0.2) is 5.65 Å². The molecule has 27 heavy (non-hydrogen) atoms. The minimum atomic E-state index is -3.65. The number of aromatic nitrogens is 3. The summed E-state index contributed by atoms with van der Waals surface area (Å²) in [5, 5.41) is 5.16. The average molecular weight is 385 g/mol. The van der Waals surface area contributed by atoms with Crippen LogP contribution in [0.15, 0.2) is 41.4 Å². The van der Waals surface area contributed by atoms with Gasteiger partial charge >= 0.3 is 0 Å². The molecule has 1 fully saturated rings. The molecule has 7 heteroatoms. The smallest absolute Gasteiger partial charge is 0.261 e. The van der Waals surface area contributed by atoms with Crippen LogP contribution in [0.5, 0.6) is 0 Å². The van der Waals surface area contributed by atoms with Crippen LogP contribution >= 0.6 is 0 Å². The van der Waals surface area contributed by atoms with Gasteiger partial charge in [0.25, 0.3) is 10.0 Å². The molecule has 0 aliphatic heterocycles. The summed E-state index contributed by atoms with van der Waals surface area (Å²) >= 11 is 0. The quantitative estimate of drug-likeness (QED) is 0.734. The number of nitrogens with zero attached hydrogens (tertiary/aromatic N) is 3. The van der Waals surface area contributed by atoms with Gasteiger partial charge in [-0.1, -0.05) is 31.4 Å². The zero-order valence-corrected chi connectivity index (χ0v) is 16.5. The van der Waals surface area contributed by atoms with E-state index in [4.69, 9.17) is 0 Å². The molecule has 1 N–H and O–H groups in total. The van der Waals surface area contributed by atoms with E-state index in [2.05, 4.69) is 14.8 Å². The third-order valence-electron chi connectivity index (χ3n) is 5.38. The van der Waals surface area contributed by atoms with Crippen LogP contribution in [-0.2, 0) is 17.1 Å². The molecular formula is C20H24N4O2S. The molecule has 142 valence electrons. The van der Waals surface area contributed by atoms with Crippen molar-refractivity contribution in [1.82, 2.24) is 14.8 Å². The number of anilines is 1. The van der Waals surface area contributed by atoms with E-state index in [0.717, 1.165) is 16.7 Å². The van der Waals surface area contributed by atoms with Crippen LogP contribution in [-0.4, -0.2) is 23.2 Å². The molecule has 2 aromatic heterocycles. The number of nitrogens with one attached hydrogen (secondary N) is 1. The standard InChI is InChI=1S/C20H24N4O2S/c1-14-19-12-17(13-21-20(19)24(2)22-14)23-27(25,26)18-10-8-16(9-11-18)15-6-4-3-5-7-15/h8-13,15,23H,3-7H2,1-2H3. The maximum Gasteiger partial charge on any atom is 0.261 e. The predicted molar refractivity (Wildman–Crippen MR) is 106 cm³/mol. The lowest BCUT2D eigenvalue weighted by atomic mass is 9.84. The highest BCUT2D eigenvalue weighted by Gasteiger charge is 2.19. The Hall–Kier alpha value is -2.41. The van der Waals surface area contributed by atoms with Crippen molar-refractivity contribution in [1.29, 1.82) is 0 Å². The van der Waals surface area contributed by atoms with Gasteiger partial charge in [0.1, 0.15) is 0 Å². The van der Waals surface area contributed by atoms with Crippen LogP contribution in [0.4, 0.5) is 5.69 Å². The Balaban J connectivity index is 1.57. The first-order valence-corrected chi connectivity index (χ1v) is 10.8. The van der Waals surface area contributed by atoms with E-state index >= 15 is 0 Å². The number of hydrogen-bond donors (Lipinski definition) is 1. The van der Waals surface area contributed by atoms with E-state index in [1.165, 1.54) is 43.9 Å². The van der Waals surface area contributed by atoms with E-state index in [1.807, 2.05) is 26.1 Å². The highest BCUT2D eigenvalue weighted by Crippen LogP contribution is 2.33. The molecule has 3 aromatic rings. The molecule has 0 amide bonds. The summed E-state index contributed by atoms with van der Waals surface area (Å²) in [6, 6.07) is 9.09. The lowest BCUT2D eigenvalue weighted by molar-refractivity contribution is 0.443. The number of aryl methyl sites for hydroxylation is 2. The highest BCUT2D eigenvalue weighted by molar-refractivity contribution is 7.92. The van der Waals surface area contributed by atoms with Crippen molar-refractivity contribution >= 4 is 26.7 Å². The average Bonchev–Trinajstić information content (AvgIpc) is 2.96. The molecule has 1 aromatic carbocycles. The minimum Gasteiger partial charge on any atom is -0.278 e. The number of fused-ring (bicyclic) bond motifs is 1. The molecule has 6 nitrogen and oxygen atoms in total. The molecule has 0 bridgehead atoms. The van der Waals surface area contributed by atoms with Gasteiger partial charge in [0, 0.05) is 12.4 Å². The van der Waals surface area contributed by atoms with Crippen molar-refractivity contribution in [2.24, 2.45) is 7.05 Å². The Kier molecular flexibility index (Phi) is 4.63. The zero-order chi connectivity index (χ0) is 19.0. The van der Waals surface area contributed by atoms with Crippen molar-refractivity contribution < 1.29 is 8.42 Å². The fourth-order valence-electron chi connectivity index (χ4n) is 3.93. The maximum atomic E-state index is 12.8. The first kappa shape index (κ1) is 18.0. The summed E-state index contributed by atoms with van der Waals surface area (Å²) in [7, 11) is -1.83. The minimum absolute atomic E-state index is 0.269. The Morgan fingerprint density at radius 1 is 1.11 bits per heavy atom. The summed E-state index contributed by atoms with van der Waals surface area (Å²) in [4.78, 5) is 4.60. The third-order valence-corrected chi connectivity index (χ3v) is 6.78. The number of rotatable bonds is 4. The molecule has 0 atom stereocenters. The van der Waals surface area contributed by atoms with Crippen LogP contribution in [0.3, 0.4) is 0 Å². The van der Waals surface area contributed by atoms with E-state index in [-0.39, 0.29) is 4.90 Å². The molecular weight excluding hydrogens is 360 g/mol. The second-order valence-electron chi connectivity index (χ2n) is 7.31. The summed E-state index contributed by atoms with van der Waals surface area (Å²) in [5.41, 5.74) is 3.22. The topological polar surface area (TPSA) is 76.9 Å². The van der Waals surface area contributed by atoms with Crippen LogP contribution in [0.25, 0.3) is 11.0 Å². The van der Waals surface area contributed by atoms with E-state index in [1.54, 1.807) is 22.9 Å². The Bertz CT molecular complexity index is 1070. The lowest BCUT2D eigenvalue weighted by Crippen LogP contribution is -2.13. The second-order valence-corrected chi connectivity index (χ2v) is 9.00. The second kappa shape index (κ2) is 6.96. The third kappa shape index (κ3) is 3.56. The molecule has 0 unspecified atom stereocenters. The van der Waals surface area contributed by atoms with E-state index in [0.29, 0.717) is 11.6 Å². The molecule has 1 aliphatic carbocycles. The molecule has 4 rings (SSSR count). The van der Waals surface area contributed by atoms with Crippen molar-refractivity contribution in [2.45, 2.75) is 49.8 Å². The van der Waals surface area contributed by atoms with Gasteiger partial charge in [-0.2, -0.15) is 5.10 Å². The number of sulfonamides is 1. The molecule has 0 spiro atoms. The number of benzene rings is 1. The summed E-state index contributed by atoms with van der Waals surface area (Å²) in [5.74, 6) is 0.559. The largest absolute Gasteiger partial charge is 0.278 e. The Labute approximate surface area is 159 Å². The highest BCUT2D eigenvalue weighted by atomic mass is 32.2. The van der Waals surface area contributed by atoms with Crippen LogP contribution in [0.2, 0.25) is 0 Å². The van der Waals surface area contributed by atoms with Gasteiger partial charge in [0.05, 0.1) is 22.5 Å². The monoisotopic (exact) mass is 384 g/mol. The Morgan fingerprint density at radius 2 is 1.81 bits per heavy atom. The van der Waals surface area contributed by atoms with Crippen LogP contribution in [0.1, 0.15) is 49.3 Å². The Morgan fingerprint density at radius 3 is 2.52 bits per heavy atom. The molecule has 0 saturated heterocycles. The number of hydrogen-bond acceptors (Lipinski definition) is 4. The molecule has 0 radical (unpaired) electrons. The summed E-state index contributed by atoms with van der Waals surface area (Å²) in [6.45, 7) is 1.88. The molecule has 1 saturated carbocycles. The lowest BCUT2D eigenvalue weighted by Gasteiger charge is -2.22. The van der Waals surface area contributed by atoms with Gasteiger partial charge in [-0.25, -0.2) is 13.4 Å². The van der Waals surface area contributed by atoms with Crippen molar-refractivity contribution in [3.8, 4) is 0 Å². The van der Waals surface area contributed by atoms with Gasteiger partial charge in [-0.3, -0.25) is 9.40 Å². The van der Waals surface area contributed by atoms with Gasteiger partial charge < -0.3 is 0 Å². The summed E-state index contributed by atoms with van der Waals surface area (Å²) in [6.07, 6.45) is 7.74. The first-order valence-electron chi connectivity index (χ1n) is 9.36. The van der Waals surface area contributed by atoms with Gasteiger partial charge in [-0.15, -0.1) is 0 Å². The van der Waals surface area contributed by atoms with Crippen LogP contribution < -0.4 is 4.72 Å². The van der Waals surface area contributed by atoms with Gasteiger partial charge in [0.2, 0.25) is 0 Å². The predicted octanol–water partition coefficient (Wildman–Crippen LogP) is 4.13. The fraction of sp³-hybridized carbons (Fsp3) is 0.400.